The number of nitrogens with zero attached hydrogens (tertiary/aromatic N) is 4. The molecule has 0 aliphatic heterocycles. The molecule has 0 bridgehead atoms. The van der Waals surface area contributed by atoms with Crippen molar-refractivity contribution in [1.82, 2.24) is 19.1 Å². The summed E-state index contributed by atoms with van der Waals surface area (Å²) in [5.41, 5.74) is 11.9. The molecule has 0 saturated carbocycles. The van der Waals surface area contributed by atoms with Gasteiger partial charge in [0.05, 0.1) is 33.5 Å². The zero-order valence-electron chi connectivity index (χ0n) is 29.3. The number of para-hydroxylation sites is 2. The third-order valence-electron chi connectivity index (χ3n) is 10.7. The van der Waals surface area contributed by atoms with Gasteiger partial charge < -0.3 is 4.57 Å². The van der Waals surface area contributed by atoms with Gasteiger partial charge in [0.15, 0.2) is 0 Å². The van der Waals surface area contributed by atoms with E-state index in [-0.39, 0.29) is 0 Å². The van der Waals surface area contributed by atoms with E-state index in [4.69, 9.17) is 9.97 Å². The van der Waals surface area contributed by atoms with Gasteiger partial charge >= 0.3 is 0 Å². The normalized spacial score (nSPS) is 11.7. The lowest BCUT2D eigenvalue weighted by atomic mass is 9.99. The van der Waals surface area contributed by atoms with Crippen molar-refractivity contribution in [1.29, 1.82) is 0 Å². The molecule has 11 aromatic rings. The van der Waals surface area contributed by atoms with E-state index in [2.05, 4.69) is 191 Å². The van der Waals surface area contributed by atoms with Crippen molar-refractivity contribution in [2.24, 2.45) is 0 Å². The van der Waals surface area contributed by atoms with E-state index < -0.39 is 0 Å². The lowest BCUT2D eigenvalue weighted by Gasteiger charge is -2.12. The van der Waals surface area contributed by atoms with Crippen molar-refractivity contribution in [3.05, 3.63) is 194 Å². The van der Waals surface area contributed by atoms with Gasteiger partial charge in [-0.1, -0.05) is 140 Å². The molecule has 0 atom stereocenters. The monoisotopic (exact) mass is 688 g/mol. The fraction of sp³-hybridized carbons (Fsp3) is 0. The number of aromatic nitrogens is 4. The second kappa shape index (κ2) is 12.1. The summed E-state index contributed by atoms with van der Waals surface area (Å²) in [6, 6.07) is 69.0. The predicted octanol–water partition coefficient (Wildman–Crippen LogP) is 12.8. The highest BCUT2D eigenvalue weighted by atomic mass is 15.2. The summed E-state index contributed by atoms with van der Waals surface area (Å²) in [5.74, 6) is 0.647. The summed E-state index contributed by atoms with van der Waals surface area (Å²) in [6.45, 7) is 0. The smallest absolute Gasteiger partial charge is 0.235 e. The van der Waals surface area contributed by atoms with Gasteiger partial charge in [0.2, 0.25) is 5.95 Å². The molecule has 0 radical (unpaired) electrons. The zero-order chi connectivity index (χ0) is 35.6. The van der Waals surface area contributed by atoms with Crippen LogP contribution < -0.4 is 0 Å². The Balaban J connectivity index is 1.17. The molecule has 0 saturated heterocycles. The van der Waals surface area contributed by atoms with Crippen molar-refractivity contribution in [3.8, 4) is 45.3 Å². The van der Waals surface area contributed by atoms with Crippen molar-refractivity contribution in [2.75, 3.05) is 0 Å². The van der Waals surface area contributed by atoms with E-state index in [1.165, 1.54) is 48.9 Å². The molecule has 0 fully saturated rings. The highest BCUT2D eigenvalue weighted by Gasteiger charge is 2.20. The van der Waals surface area contributed by atoms with Crippen LogP contribution in [0.5, 0.6) is 0 Å². The predicted molar refractivity (Wildman–Crippen MR) is 225 cm³/mol. The zero-order valence-corrected chi connectivity index (χ0v) is 29.3. The summed E-state index contributed by atoms with van der Waals surface area (Å²) in [4.78, 5) is 10.5. The van der Waals surface area contributed by atoms with Gasteiger partial charge in [-0.05, 0) is 76.5 Å². The van der Waals surface area contributed by atoms with E-state index in [0.29, 0.717) is 5.95 Å². The second-order valence-corrected chi connectivity index (χ2v) is 13.8. The average Bonchev–Trinajstić information content (AvgIpc) is 3.77. The van der Waals surface area contributed by atoms with Crippen LogP contribution in [0.2, 0.25) is 0 Å². The van der Waals surface area contributed by atoms with Gasteiger partial charge in [0, 0.05) is 38.4 Å². The standard InChI is InChI=1S/C50H32N4/c1-4-15-34(16-5-1)43-32-44(35-17-6-2-7-18-35)52-50(51-43)54-47-28-26-37(31-42(47)49-39-21-11-10-14-33(39)24-29-48(49)54)36-25-27-46-41(30-36)40-22-12-13-23-45(40)53(46)38-19-8-3-9-20-38/h1-32H. The van der Waals surface area contributed by atoms with Crippen molar-refractivity contribution in [3.63, 3.8) is 0 Å². The van der Waals surface area contributed by atoms with E-state index in [1.807, 2.05) is 12.1 Å². The molecule has 3 aromatic heterocycles. The molecule has 0 aliphatic carbocycles. The third kappa shape index (κ3) is 4.78. The quantitative estimate of drug-likeness (QED) is 0.180. The van der Waals surface area contributed by atoms with Crippen molar-refractivity contribution >= 4 is 54.4 Å². The maximum atomic E-state index is 5.27. The minimum atomic E-state index is 0.647. The van der Waals surface area contributed by atoms with Crippen LogP contribution >= 0.6 is 0 Å². The Bertz CT molecular complexity index is 3140. The molecule has 8 aromatic carbocycles. The van der Waals surface area contributed by atoms with Crippen molar-refractivity contribution in [2.45, 2.75) is 0 Å². The first-order chi connectivity index (χ1) is 26.8. The summed E-state index contributed by atoms with van der Waals surface area (Å²) >= 11 is 0. The van der Waals surface area contributed by atoms with Crippen LogP contribution in [-0.2, 0) is 0 Å². The van der Waals surface area contributed by atoms with Gasteiger partial charge in [0.1, 0.15) is 0 Å². The molecule has 252 valence electrons. The largest absolute Gasteiger partial charge is 0.309 e. The summed E-state index contributed by atoms with van der Waals surface area (Å²) < 4.78 is 4.61. The summed E-state index contributed by atoms with van der Waals surface area (Å²) in [7, 11) is 0. The maximum Gasteiger partial charge on any atom is 0.235 e. The SMILES string of the molecule is c1ccc(-c2cc(-c3ccccc3)nc(-n3c4ccc(-c5ccc6c(c5)c5ccccc5n6-c5ccccc5)cc4c4c5ccccc5ccc43)n2)cc1. The first kappa shape index (κ1) is 30.3. The first-order valence-corrected chi connectivity index (χ1v) is 18.3. The molecular formula is C50H32N4. The number of hydrogen-bond acceptors (Lipinski definition) is 2. The molecule has 0 aliphatic rings. The average molecular weight is 689 g/mol. The molecule has 4 heteroatoms. The Labute approximate surface area is 311 Å². The van der Waals surface area contributed by atoms with Gasteiger partial charge in [0.25, 0.3) is 0 Å². The molecule has 0 N–H and O–H groups in total. The second-order valence-electron chi connectivity index (χ2n) is 13.8. The van der Waals surface area contributed by atoms with E-state index in [9.17, 15) is 0 Å². The maximum absolute atomic E-state index is 5.27. The fourth-order valence-electron chi connectivity index (χ4n) is 8.24. The van der Waals surface area contributed by atoms with E-state index in [0.717, 1.165) is 44.8 Å². The van der Waals surface area contributed by atoms with Crippen LogP contribution in [0.4, 0.5) is 0 Å². The Morgan fingerprint density at radius 1 is 0.315 bits per heavy atom. The minimum Gasteiger partial charge on any atom is -0.309 e. The van der Waals surface area contributed by atoms with Crippen LogP contribution in [0.1, 0.15) is 0 Å². The van der Waals surface area contributed by atoms with Crippen LogP contribution in [0.25, 0.3) is 99.7 Å². The van der Waals surface area contributed by atoms with Gasteiger partial charge in [-0.2, -0.15) is 0 Å². The van der Waals surface area contributed by atoms with Crippen molar-refractivity contribution < 1.29 is 0 Å². The van der Waals surface area contributed by atoms with Crippen LogP contribution in [0.15, 0.2) is 194 Å². The van der Waals surface area contributed by atoms with Gasteiger partial charge in [-0.25, -0.2) is 9.97 Å². The molecule has 11 rings (SSSR count). The molecule has 0 amide bonds. The Kier molecular flexibility index (Phi) is 6.82. The molecule has 0 spiro atoms. The number of benzene rings is 8. The lowest BCUT2D eigenvalue weighted by Crippen LogP contribution is -2.04. The Hall–Kier alpha value is -7.30. The molecule has 4 nitrogen and oxygen atoms in total. The molecule has 54 heavy (non-hydrogen) atoms. The van der Waals surface area contributed by atoms with Crippen LogP contribution in [0, 0.1) is 0 Å². The highest BCUT2D eigenvalue weighted by Crippen LogP contribution is 2.40. The Morgan fingerprint density at radius 3 is 1.52 bits per heavy atom. The lowest BCUT2D eigenvalue weighted by molar-refractivity contribution is 0.996. The molecular weight excluding hydrogens is 657 g/mol. The number of hydrogen-bond donors (Lipinski definition) is 0. The number of fused-ring (bicyclic) bond motifs is 8. The Morgan fingerprint density at radius 2 is 0.833 bits per heavy atom. The van der Waals surface area contributed by atoms with Gasteiger partial charge in [-0.3, -0.25) is 4.57 Å². The van der Waals surface area contributed by atoms with E-state index >= 15 is 0 Å². The fourth-order valence-corrected chi connectivity index (χ4v) is 8.24. The number of rotatable bonds is 5. The highest BCUT2D eigenvalue weighted by molar-refractivity contribution is 6.22. The third-order valence-corrected chi connectivity index (χ3v) is 10.7. The summed E-state index contributed by atoms with van der Waals surface area (Å²) in [6.07, 6.45) is 0. The van der Waals surface area contributed by atoms with Crippen LogP contribution in [0.3, 0.4) is 0 Å². The van der Waals surface area contributed by atoms with Crippen LogP contribution in [-0.4, -0.2) is 19.1 Å². The van der Waals surface area contributed by atoms with Gasteiger partial charge in [-0.15, -0.1) is 0 Å². The summed E-state index contributed by atoms with van der Waals surface area (Å²) in [5, 5.41) is 7.25. The van der Waals surface area contributed by atoms with E-state index in [1.54, 1.807) is 0 Å². The topological polar surface area (TPSA) is 35.6 Å². The minimum absolute atomic E-state index is 0.647. The molecule has 3 heterocycles. The molecule has 0 unspecified atom stereocenters. The first-order valence-electron chi connectivity index (χ1n) is 18.3.